The molecule has 1 heterocycles. The molecular weight excluding hydrogens is 224 g/mol. The molecule has 3 nitrogen and oxygen atoms in total. The van der Waals surface area contributed by atoms with Crippen LogP contribution in [-0.2, 0) is 6.42 Å². The van der Waals surface area contributed by atoms with Crippen molar-refractivity contribution >= 4 is 11.6 Å². The molecule has 0 aliphatic rings. The van der Waals surface area contributed by atoms with Gasteiger partial charge in [0.1, 0.15) is 6.07 Å². The standard InChI is InChI=1S/C9H4ClF2N3/c10-8-6(9(11)12)3-5(1-2-13)15-7(8)4-14/h3,9H,1H2. The first-order chi connectivity index (χ1) is 7.10. The highest BCUT2D eigenvalue weighted by Crippen LogP contribution is 2.29. The summed E-state index contributed by atoms with van der Waals surface area (Å²) in [4.78, 5) is 3.67. The van der Waals surface area contributed by atoms with Crippen LogP contribution in [0.2, 0.25) is 5.02 Å². The first-order valence-corrected chi connectivity index (χ1v) is 4.22. The van der Waals surface area contributed by atoms with E-state index in [1.54, 1.807) is 12.1 Å². The Kier molecular flexibility index (Phi) is 3.54. The van der Waals surface area contributed by atoms with Crippen LogP contribution in [0, 0.1) is 22.7 Å². The molecule has 1 aromatic rings. The van der Waals surface area contributed by atoms with Gasteiger partial charge in [0, 0.05) is 5.56 Å². The second-order valence-electron chi connectivity index (χ2n) is 2.61. The molecule has 0 aliphatic carbocycles. The molecule has 0 atom stereocenters. The molecule has 0 spiro atoms. The number of nitrogens with zero attached hydrogens (tertiary/aromatic N) is 3. The van der Waals surface area contributed by atoms with Gasteiger partial charge in [-0.2, -0.15) is 10.5 Å². The summed E-state index contributed by atoms with van der Waals surface area (Å²) in [5.74, 6) is 0. The molecule has 0 fully saturated rings. The molecule has 0 saturated carbocycles. The number of halogens is 3. The largest absolute Gasteiger partial charge is 0.265 e. The van der Waals surface area contributed by atoms with Crippen molar-refractivity contribution < 1.29 is 8.78 Å². The molecule has 0 amide bonds. The predicted octanol–water partition coefficient (Wildman–Crippen LogP) is 2.61. The van der Waals surface area contributed by atoms with Gasteiger partial charge in [-0.1, -0.05) is 11.6 Å². The van der Waals surface area contributed by atoms with Crippen LogP contribution >= 0.6 is 11.6 Å². The lowest BCUT2D eigenvalue weighted by molar-refractivity contribution is 0.151. The Morgan fingerprint density at radius 1 is 1.47 bits per heavy atom. The van der Waals surface area contributed by atoms with Gasteiger partial charge in [0.2, 0.25) is 0 Å². The summed E-state index contributed by atoms with van der Waals surface area (Å²) < 4.78 is 24.9. The van der Waals surface area contributed by atoms with E-state index in [4.69, 9.17) is 22.1 Å². The third-order valence-electron chi connectivity index (χ3n) is 1.64. The van der Waals surface area contributed by atoms with Gasteiger partial charge >= 0.3 is 0 Å². The second-order valence-corrected chi connectivity index (χ2v) is 2.99. The second kappa shape index (κ2) is 4.68. The lowest BCUT2D eigenvalue weighted by Gasteiger charge is -2.05. The van der Waals surface area contributed by atoms with E-state index >= 15 is 0 Å². The zero-order valence-electron chi connectivity index (χ0n) is 7.34. The van der Waals surface area contributed by atoms with Crippen molar-refractivity contribution in [3.8, 4) is 12.1 Å². The highest BCUT2D eigenvalue weighted by molar-refractivity contribution is 6.32. The molecule has 0 unspecified atom stereocenters. The lowest BCUT2D eigenvalue weighted by atomic mass is 10.1. The first kappa shape index (κ1) is 11.4. The Morgan fingerprint density at radius 2 is 2.13 bits per heavy atom. The molecule has 0 bridgehead atoms. The molecule has 1 aromatic heterocycles. The van der Waals surface area contributed by atoms with Crippen molar-refractivity contribution in [2.75, 3.05) is 0 Å². The first-order valence-electron chi connectivity index (χ1n) is 3.84. The highest BCUT2D eigenvalue weighted by atomic mass is 35.5. The SMILES string of the molecule is N#CCc1cc(C(F)F)c(Cl)c(C#N)n1. The fourth-order valence-electron chi connectivity index (χ4n) is 1.01. The maximum Gasteiger partial charge on any atom is 0.265 e. The maximum absolute atomic E-state index is 12.5. The molecule has 15 heavy (non-hydrogen) atoms. The van der Waals surface area contributed by atoms with Crippen molar-refractivity contribution in [2.24, 2.45) is 0 Å². The van der Waals surface area contributed by atoms with Crippen LogP contribution in [0.5, 0.6) is 0 Å². The number of pyridine rings is 1. The van der Waals surface area contributed by atoms with Gasteiger partial charge in [0.15, 0.2) is 5.69 Å². The van der Waals surface area contributed by atoms with Gasteiger partial charge in [-0.05, 0) is 6.07 Å². The van der Waals surface area contributed by atoms with E-state index in [1.165, 1.54) is 0 Å². The number of alkyl halides is 2. The van der Waals surface area contributed by atoms with Crippen molar-refractivity contribution in [3.63, 3.8) is 0 Å². The van der Waals surface area contributed by atoms with Crippen LogP contribution in [0.3, 0.4) is 0 Å². The smallest absolute Gasteiger partial charge is 0.239 e. The molecule has 0 aromatic carbocycles. The zero-order chi connectivity index (χ0) is 11.4. The van der Waals surface area contributed by atoms with E-state index in [0.29, 0.717) is 0 Å². The fraction of sp³-hybridized carbons (Fsp3) is 0.222. The maximum atomic E-state index is 12.5. The number of hydrogen-bond acceptors (Lipinski definition) is 3. The minimum atomic E-state index is -2.79. The van der Waals surface area contributed by atoms with Crippen molar-refractivity contribution in [1.29, 1.82) is 10.5 Å². The molecule has 0 radical (unpaired) electrons. The summed E-state index contributed by atoms with van der Waals surface area (Å²) in [6, 6.07) is 4.40. The highest BCUT2D eigenvalue weighted by Gasteiger charge is 2.17. The normalized spacial score (nSPS) is 9.73. The van der Waals surface area contributed by atoms with E-state index in [-0.39, 0.29) is 22.8 Å². The van der Waals surface area contributed by atoms with Gasteiger partial charge in [-0.3, -0.25) is 0 Å². The minimum Gasteiger partial charge on any atom is -0.239 e. The van der Waals surface area contributed by atoms with E-state index in [9.17, 15) is 8.78 Å². The van der Waals surface area contributed by atoms with Crippen molar-refractivity contribution in [3.05, 3.63) is 28.0 Å². The third-order valence-corrected chi connectivity index (χ3v) is 2.04. The van der Waals surface area contributed by atoms with Gasteiger partial charge in [0.25, 0.3) is 6.43 Å². The molecular formula is C9H4ClF2N3. The summed E-state index contributed by atoms with van der Waals surface area (Å²) in [5.41, 5.74) is -0.623. The lowest BCUT2D eigenvalue weighted by Crippen LogP contribution is -1.98. The van der Waals surface area contributed by atoms with Crippen LogP contribution < -0.4 is 0 Å². The molecule has 76 valence electrons. The van der Waals surface area contributed by atoms with E-state index in [2.05, 4.69) is 4.98 Å². The average molecular weight is 228 g/mol. The number of rotatable bonds is 2. The predicted molar refractivity (Wildman–Crippen MR) is 48.2 cm³/mol. The van der Waals surface area contributed by atoms with Crippen LogP contribution in [0.15, 0.2) is 6.07 Å². The number of hydrogen-bond donors (Lipinski definition) is 0. The summed E-state index contributed by atoms with van der Waals surface area (Å²) in [5, 5.41) is 16.6. The third kappa shape index (κ3) is 2.39. The summed E-state index contributed by atoms with van der Waals surface area (Å²) in [6.07, 6.45) is -2.92. The Balaban J connectivity index is 3.35. The van der Waals surface area contributed by atoms with Gasteiger partial charge in [-0.15, -0.1) is 0 Å². The van der Waals surface area contributed by atoms with Crippen molar-refractivity contribution in [1.82, 2.24) is 4.98 Å². The van der Waals surface area contributed by atoms with E-state index < -0.39 is 12.0 Å². The molecule has 0 N–H and O–H groups in total. The van der Waals surface area contributed by atoms with Gasteiger partial charge in [-0.25, -0.2) is 13.8 Å². The van der Waals surface area contributed by atoms with Crippen molar-refractivity contribution in [2.45, 2.75) is 12.8 Å². The minimum absolute atomic E-state index is 0.119. The monoisotopic (exact) mass is 227 g/mol. The summed E-state index contributed by atoms with van der Waals surface area (Å²) in [6.45, 7) is 0. The Bertz CT molecular complexity index is 460. The summed E-state index contributed by atoms with van der Waals surface area (Å²) >= 11 is 5.53. The Morgan fingerprint density at radius 3 is 2.60 bits per heavy atom. The zero-order valence-corrected chi connectivity index (χ0v) is 8.09. The Hall–Kier alpha value is -1.72. The average Bonchev–Trinajstić information content (AvgIpc) is 2.20. The van der Waals surface area contributed by atoms with Crippen LogP contribution in [0.4, 0.5) is 8.78 Å². The number of nitriles is 2. The van der Waals surface area contributed by atoms with Crippen LogP contribution in [0.1, 0.15) is 23.4 Å². The molecule has 0 aliphatic heterocycles. The van der Waals surface area contributed by atoms with Gasteiger partial charge in [0.05, 0.1) is 23.2 Å². The van der Waals surface area contributed by atoms with Gasteiger partial charge < -0.3 is 0 Å². The fourth-order valence-corrected chi connectivity index (χ4v) is 1.23. The number of aromatic nitrogens is 1. The van der Waals surface area contributed by atoms with E-state index in [1.807, 2.05) is 0 Å². The topological polar surface area (TPSA) is 60.5 Å². The summed E-state index contributed by atoms with van der Waals surface area (Å²) in [7, 11) is 0. The molecule has 6 heteroatoms. The Labute approximate surface area is 89.5 Å². The van der Waals surface area contributed by atoms with Crippen LogP contribution in [-0.4, -0.2) is 4.98 Å². The molecule has 0 saturated heterocycles. The van der Waals surface area contributed by atoms with Crippen LogP contribution in [0.25, 0.3) is 0 Å². The quantitative estimate of drug-likeness (QED) is 0.780. The van der Waals surface area contributed by atoms with E-state index in [0.717, 1.165) is 6.07 Å². The molecule has 1 rings (SSSR count).